The van der Waals surface area contributed by atoms with E-state index in [0.29, 0.717) is 5.69 Å². The second-order valence-corrected chi connectivity index (χ2v) is 4.65. The minimum atomic E-state index is -0.00706. The molecule has 1 fully saturated rings. The van der Waals surface area contributed by atoms with Crippen molar-refractivity contribution in [2.45, 2.75) is 19.3 Å². The van der Waals surface area contributed by atoms with E-state index in [4.69, 9.17) is 0 Å². The summed E-state index contributed by atoms with van der Waals surface area (Å²) < 4.78 is 0. The highest BCUT2D eigenvalue weighted by molar-refractivity contribution is 5.92. The Balaban J connectivity index is 1.84. The van der Waals surface area contributed by atoms with Crippen molar-refractivity contribution >= 4 is 5.91 Å². The van der Waals surface area contributed by atoms with Crippen LogP contribution in [-0.4, -0.2) is 31.0 Å². The maximum Gasteiger partial charge on any atom is 0.267 e. The zero-order chi connectivity index (χ0) is 11.4. The van der Waals surface area contributed by atoms with Gasteiger partial charge in [-0.05, 0) is 32.0 Å². The van der Waals surface area contributed by atoms with E-state index in [0.717, 1.165) is 13.1 Å². The molecule has 88 valence electrons. The largest absolute Gasteiger partial charge is 0.357 e. The number of carbonyl (C=O) groups excluding carboxylic acids is 1. The molecule has 1 amide bonds. The van der Waals surface area contributed by atoms with Crippen LogP contribution in [0, 0.1) is 5.41 Å². The van der Waals surface area contributed by atoms with E-state index in [1.807, 2.05) is 13.1 Å². The van der Waals surface area contributed by atoms with Crippen LogP contribution in [0.2, 0.25) is 0 Å². The Labute approximate surface area is 95.8 Å². The molecule has 1 saturated carbocycles. The van der Waals surface area contributed by atoms with E-state index in [2.05, 4.69) is 15.6 Å². The molecule has 0 bridgehead atoms. The van der Waals surface area contributed by atoms with Crippen LogP contribution in [0.15, 0.2) is 18.3 Å². The molecule has 4 nitrogen and oxygen atoms in total. The van der Waals surface area contributed by atoms with Crippen molar-refractivity contribution in [3.05, 3.63) is 24.0 Å². The minimum Gasteiger partial charge on any atom is -0.357 e. The van der Waals surface area contributed by atoms with E-state index in [1.165, 1.54) is 19.3 Å². The molecular formula is C12H19N3O. The molecule has 0 saturated heterocycles. The lowest BCUT2D eigenvalue weighted by Crippen LogP contribution is -2.47. The zero-order valence-electron chi connectivity index (χ0n) is 9.68. The van der Waals surface area contributed by atoms with Crippen LogP contribution < -0.4 is 10.6 Å². The van der Waals surface area contributed by atoms with Gasteiger partial charge in [0.05, 0.1) is 0 Å². The third-order valence-corrected chi connectivity index (χ3v) is 3.43. The lowest BCUT2D eigenvalue weighted by Gasteiger charge is -2.42. The topological polar surface area (TPSA) is 56.9 Å². The van der Waals surface area contributed by atoms with Gasteiger partial charge in [0.2, 0.25) is 0 Å². The zero-order valence-corrected chi connectivity index (χ0v) is 9.68. The Kier molecular flexibility index (Phi) is 3.29. The highest BCUT2D eigenvalue weighted by Gasteiger charge is 2.36. The van der Waals surface area contributed by atoms with Gasteiger partial charge in [-0.15, -0.1) is 0 Å². The van der Waals surface area contributed by atoms with E-state index in [-0.39, 0.29) is 11.3 Å². The summed E-state index contributed by atoms with van der Waals surface area (Å²) in [6.45, 7) is 1.75. The van der Waals surface area contributed by atoms with Gasteiger partial charge in [-0.3, -0.25) is 4.79 Å². The first-order chi connectivity index (χ1) is 7.76. The summed E-state index contributed by atoms with van der Waals surface area (Å²) in [4.78, 5) is 14.6. The first-order valence-electron chi connectivity index (χ1n) is 5.82. The average molecular weight is 221 g/mol. The van der Waals surface area contributed by atoms with Crippen LogP contribution in [0.4, 0.5) is 0 Å². The highest BCUT2D eigenvalue weighted by atomic mass is 16.1. The Hall–Kier alpha value is -1.29. The van der Waals surface area contributed by atoms with Gasteiger partial charge in [-0.25, -0.2) is 0 Å². The molecule has 2 rings (SSSR count). The number of carbonyl (C=O) groups is 1. The van der Waals surface area contributed by atoms with Gasteiger partial charge in [-0.2, -0.15) is 0 Å². The fraction of sp³-hybridized carbons (Fsp3) is 0.583. The SMILES string of the molecule is CNCC1(CNC(=O)c2ccc[nH]2)CCC1. The average Bonchev–Trinajstić information content (AvgIpc) is 2.74. The number of H-pyrrole nitrogens is 1. The monoisotopic (exact) mass is 221 g/mol. The number of aromatic nitrogens is 1. The summed E-state index contributed by atoms with van der Waals surface area (Å²) in [5.41, 5.74) is 0.927. The van der Waals surface area contributed by atoms with Crippen LogP contribution in [0.3, 0.4) is 0 Å². The summed E-state index contributed by atoms with van der Waals surface area (Å²) >= 11 is 0. The van der Waals surface area contributed by atoms with Crippen molar-refractivity contribution < 1.29 is 4.79 Å². The van der Waals surface area contributed by atoms with Crippen LogP contribution in [0.5, 0.6) is 0 Å². The third-order valence-electron chi connectivity index (χ3n) is 3.43. The summed E-state index contributed by atoms with van der Waals surface area (Å²) in [6.07, 6.45) is 5.46. The number of hydrogen-bond donors (Lipinski definition) is 3. The first kappa shape index (κ1) is 11.2. The molecule has 0 radical (unpaired) electrons. The fourth-order valence-corrected chi connectivity index (χ4v) is 2.30. The molecule has 16 heavy (non-hydrogen) atoms. The number of nitrogens with one attached hydrogen (secondary N) is 3. The number of hydrogen-bond acceptors (Lipinski definition) is 2. The summed E-state index contributed by atoms with van der Waals surface area (Å²) in [5.74, 6) is -0.00706. The van der Waals surface area contributed by atoms with E-state index in [9.17, 15) is 4.79 Å². The molecule has 1 heterocycles. The number of aromatic amines is 1. The second-order valence-electron chi connectivity index (χ2n) is 4.65. The molecule has 1 aliphatic rings. The molecular weight excluding hydrogens is 202 g/mol. The van der Waals surface area contributed by atoms with Crippen molar-refractivity contribution in [2.24, 2.45) is 5.41 Å². The lowest BCUT2D eigenvalue weighted by atomic mass is 9.68. The van der Waals surface area contributed by atoms with Crippen LogP contribution in [0.25, 0.3) is 0 Å². The molecule has 3 N–H and O–H groups in total. The first-order valence-corrected chi connectivity index (χ1v) is 5.82. The summed E-state index contributed by atoms with van der Waals surface area (Å²) in [5, 5.41) is 6.21. The molecule has 1 aromatic heterocycles. The fourth-order valence-electron chi connectivity index (χ4n) is 2.30. The Morgan fingerprint density at radius 3 is 2.81 bits per heavy atom. The Morgan fingerprint density at radius 1 is 1.50 bits per heavy atom. The molecule has 0 unspecified atom stereocenters. The van der Waals surface area contributed by atoms with Crippen molar-refractivity contribution in [3.63, 3.8) is 0 Å². The number of rotatable bonds is 5. The molecule has 0 atom stereocenters. The molecule has 4 heteroatoms. The molecule has 0 aliphatic heterocycles. The molecule has 1 aromatic rings. The second kappa shape index (κ2) is 4.70. The number of amides is 1. The van der Waals surface area contributed by atoms with Crippen molar-refractivity contribution in [3.8, 4) is 0 Å². The Morgan fingerprint density at radius 2 is 2.31 bits per heavy atom. The van der Waals surface area contributed by atoms with Crippen LogP contribution in [-0.2, 0) is 0 Å². The highest BCUT2D eigenvalue weighted by Crippen LogP contribution is 2.39. The molecule has 0 spiro atoms. The van der Waals surface area contributed by atoms with Crippen LogP contribution in [0.1, 0.15) is 29.8 Å². The van der Waals surface area contributed by atoms with Gasteiger partial charge in [-0.1, -0.05) is 6.42 Å². The van der Waals surface area contributed by atoms with Crippen LogP contribution >= 0.6 is 0 Å². The normalized spacial score (nSPS) is 17.8. The van der Waals surface area contributed by atoms with E-state index in [1.54, 1.807) is 12.3 Å². The van der Waals surface area contributed by atoms with Gasteiger partial charge in [0.15, 0.2) is 0 Å². The Bertz CT molecular complexity index is 341. The standard InChI is InChI=1S/C12H19N3O/c1-13-8-12(5-3-6-12)9-15-11(16)10-4-2-7-14-10/h2,4,7,13-14H,3,5-6,8-9H2,1H3,(H,15,16). The maximum absolute atomic E-state index is 11.7. The maximum atomic E-state index is 11.7. The minimum absolute atomic E-state index is 0.00706. The van der Waals surface area contributed by atoms with Gasteiger partial charge in [0, 0.05) is 24.7 Å². The summed E-state index contributed by atoms with van der Waals surface area (Å²) in [6, 6.07) is 3.63. The van der Waals surface area contributed by atoms with Gasteiger partial charge in [0.1, 0.15) is 5.69 Å². The summed E-state index contributed by atoms with van der Waals surface area (Å²) in [7, 11) is 1.97. The smallest absolute Gasteiger partial charge is 0.267 e. The van der Waals surface area contributed by atoms with Crippen molar-refractivity contribution in [1.82, 2.24) is 15.6 Å². The predicted molar refractivity (Wildman–Crippen MR) is 63.3 cm³/mol. The molecule has 1 aliphatic carbocycles. The molecule has 0 aromatic carbocycles. The van der Waals surface area contributed by atoms with Crippen molar-refractivity contribution in [2.75, 3.05) is 20.1 Å². The van der Waals surface area contributed by atoms with Gasteiger partial charge >= 0.3 is 0 Å². The van der Waals surface area contributed by atoms with Gasteiger partial charge in [0.25, 0.3) is 5.91 Å². The van der Waals surface area contributed by atoms with E-state index < -0.39 is 0 Å². The predicted octanol–water partition coefficient (Wildman–Crippen LogP) is 1.13. The lowest BCUT2D eigenvalue weighted by molar-refractivity contribution is 0.0858. The van der Waals surface area contributed by atoms with E-state index >= 15 is 0 Å². The quantitative estimate of drug-likeness (QED) is 0.698. The third kappa shape index (κ3) is 2.27. The van der Waals surface area contributed by atoms with Crippen molar-refractivity contribution in [1.29, 1.82) is 0 Å². The van der Waals surface area contributed by atoms with Gasteiger partial charge < -0.3 is 15.6 Å².